The second-order valence-electron chi connectivity index (χ2n) is 5.23. The fourth-order valence-corrected chi connectivity index (χ4v) is 2.92. The van der Waals surface area contributed by atoms with E-state index in [0.717, 1.165) is 45.2 Å². The third-order valence-electron chi connectivity index (χ3n) is 3.66. The minimum Gasteiger partial charge on any atom is -0.566 e. The van der Waals surface area contributed by atoms with Gasteiger partial charge in [-0.05, 0) is 38.8 Å². The molecule has 1 aliphatic rings. The average Bonchev–Trinajstić information content (AvgIpc) is 2.75. The number of halogens is 1. The van der Waals surface area contributed by atoms with Gasteiger partial charge in [-0.2, -0.15) is 6.42 Å². The Labute approximate surface area is 156 Å². The van der Waals surface area contributed by atoms with E-state index >= 15 is 0 Å². The van der Waals surface area contributed by atoms with Crippen LogP contribution in [0.15, 0.2) is 12.2 Å². The standard InChI is InChI=1S/C15H25ClNO3.U/c16-13-9-11-17(10-5-6-12-18)14(13)7-3-1-2-4-8-15(19)20;/h1,3,12-14,18H,2,4-11H2,(H,19,20);/q-1;/b3-1-;/t13-,14+;/m1./s1. The Morgan fingerprint density at radius 1 is 1.38 bits per heavy atom. The summed E-state index contributed by atoms with van der Waals surface area (Å²) in [5.41, 5.74) is 0. The predicted molar refractivity (Wildman–Crippen MR) is 80.3 cm³/mol. The van der Waals surface area contributed by atoms with Gasteiger partial charge in [-0.25, -0.2) is 6.61 Å². The molecule has 0 aromatic heterocycles. The van der Waals surface area contributed by atoms with Crippen molar-refractivity contribution in [3.8, 4) is 0 Å². The van der Waals surface area contributed by atoms with Crippen LogP contribution in [0.1, 0.15) is 44.9 Å². The van der Waals surface area contributed by atoms with E-state index < -0.39 is 5.97 Å². The number of aliphatic carboxylic acids is 1. The van der Waals surface area contributed by atoms with Gasteiger partial charge in [0.1, 0.15) is 0 Å². The van der Waals surface area contributed by atoms with E-state index in [4.69, 9.17) is 21.8 Å². The number of hydrogen-bond donors (Lipinski definition) is 2. The molecule has 1 saturated heterocycles. The van der Waals surface area contributed by atoms with Gasteiger partial charge < -0.3 is 10.2 Å². The van der Waals surface area contributed by atoms with E-state index in [1.165, 1.54) is 6.61 Å². The van der Waals surface area contributed by atoms with Crippen molar-refractivity contribution >= 4 is 17.6 Å². The molecule has 0 amide bonds. The van der Waals surface area contributed by atoms with E-state index in [9.17, 15) is 4.79 Å². The molecule has 0 radical (unpaired) electrons. The zero-order valence-corrected chi connectivity index (χ0v) is 17.3. The number of likely N-dealkylation sites (tertiary alicyclic amines) is 1. The van der Waals surface area contributed by atoms with Crippen LogP contribution >= 0.6 is 11.6 Å². The summed E-state index contributed by atoms with van der Waals surface area (Å²) < 4.78 is 0. The van der Waals surface area contributed by atoms with Gasteiger partial charge in [-0.3, -0.25) is 9.69 Å². The SMILES string of the molecule is O=C(O)CCC/C=C\C[C@H]1[C@H](Cl)CCN1CCC[CH-]O.[U]. The van der Waals surface area contributed by atoms with Crippen molar-refractivity contribution in [1.29, 1.82) is 0 Å². The number of alkyl halides is 1. The average molecular weight is 541 g/mol. The van der Waals surface area contributed by atoms with Crippen molar-refractivity contribution < 1.29 is 46.1 Å². The van der Waals surface area contributed by atoms with E-state index in [-0.39, 0.29) is 42.9 Å². The predicted octanol–water partition coefficient (Wildman–Crippen LogP) is 3.18. The van der Waals surface area contributed by atoms with Gasteiger partial charge in [0, 0.05) is 43.6 Å². The first-order chi connectivity index (χ1) is 9.65. The van der Waals surface area contributed by atoms with Crippen LogP contribution in [0.5, 0.6) is 0 Å². The summed E-state index contributed by atoms with van der Waals surface area (Å²) in [5.74, 6) is -0.734. The second-order valence-corrected chi connectivity index (χ2v) is 5.79. The maximum atomic E-state index is 10.4. The van der Waals surface area contributed by atoms with Crippen LogP contribution in [0.2, 0.25) is 0 Å². The summed E-state index contributed by atoms with van der Waals surface area (Å²) >= 11 is 6.36. The first-order valence-electron chi connectivity index (χ1n) is 7.36. The van der Waals surface area contributed by atoms with E-state index in [1.807, 2.05) is 0 Å². The molecule has 4 nitrogen and oxygen atoms in total. The van der Waals surface area contributed by atoms with E-state index in [2.05, 4.69) is 17.1 Å². The van der Waals surface area contributed by atoms with Crippen LogP contribution in [-0.4, -0.2) is 45.6 Å². The summed E-state index contributed by atoms with van der Waals surface area (Å²) in [4.78, 5) is 12.8. The monoisotopic (exact) mass is 540 g/mol. The molecule has 0 spiro atoms. The van der Waals surface area contributed by atoms with Crippen LogP contribution in [-0.2, 0) is 4.79 Å². The number of unbranched alkanes of at least 4 members (excludes halogenated alkanes) is 2. The molecule has 1 aliphatic heterocycles. The minimum atomic E-state index is -0.734. The van der Waals surface area contributed by atoms with Crippen LogP contribution < -0.4 is 0 Å². The second kappa shape index (κ2) is 13.0. The molecule has 1 heterocycles. The summed E-state index contributed by atoms with van der Waals surface area (Å²) in [6.45, 7) is 3.21. The third kappa shape index (κ3) is 9.26. The van der Waals surface area contributed by atoms with Gasteiger partial charge >= 0.3 is 5.97 Å². The van der Waals surface area contributed by atoms with Crippen molar-refractivity contribution in [3.05, 3.63) is 18.8 Å². The molecule has 0 aromatic carbocycles. The molecule has 1 rings (SSSR count). The number of rotatable bonds is 10. The largest absolute Gasteiger partial charge is 0.566 e. The zero-order chi connectivity index (χ0) is 14.8. The van der Waals surface area contributed by atoms with Crippen molar-refractivity contribution in [2.75, 3.05) is 13.1 Å². The van der Waals surface area contributed by atoms with Gasteiger partial charge in [0.15, 0.2) is 0 Å². The summed E-state index contributed by atoms with van der Waals surface area (Å²) in [7, 11) is 0. The van der Waals surface area contributed by atoms with Gasteiger partial charge in [0.25, 0.3) is 0 Å². The van der Waals surface area contributed by atoms with Crippen LogP contribution in [0.3, 0.4) is 0 Å². The quantitative estimate of drug-likeness (QED) is 0.193. The Bertz CT molecular complexity index is 315. The molecule has 1 fully saturated rings. The van der Waals surface area contributed by atoms with Gasteiger partial charge in [0.05, 0.1) is 5.38 Å². The molecule has 0 aromatic rings. The van der Waals surface area contributed by atoms with Crippen molar-refractivity contribution in [2.24, 2.45) is 0 Å². The van der Waals surface area contributed by atoms with Gasteiger partial charge in [-0.1, -0.05) is 18.6 Å². The molecule has 2 N–H and O–H groups in total. The Balaban J connectivity index is 0.00000400. The van der Waals surface area contributed by atoms with Crippen molar-refractivity contribution in [3.63, 3.8) is 0 Å². The summed E-state index contributed by atoms with van der Waals surface area (Å²) in [6, 6.07) is 0.367. The molecular weight excluding hydrogens is 516 g/mol. The topological polar surface area (TPSA) is 60.8 Å². The van der Waals surface area contributed by atoms with Crippen LogP contribution in [0.4, 0.5) is 0 Å². The molecule has 0 aliphatic carbocycles. The number of carboxylic acids is 1. The molecule has 2 atom stereocenters. The van der Waals surface area contributed by atoms with Crippen LogP contribution in [0.25, 0.3) is 0 Å². The maximum Gasteiger partial charge on any atom is 0.303 e. The molecule has 120 valence electrons. The Morgan fingerprint density at radius 2 is 2.14 bits per heavy atom. The number of aliphatic hydroxyl groups excluding tert-OH is 1. The first-order valence-corrected chi connectivity index (χ1v) is 7.79. The molecule has 6 heteroatoms. The maximum absolute atomic E-state index is 10.4. The Hall–Kier alpha value is 0.472. The molecule has 0 bridgehead atoms. The molecule has 21 heavy (non-hydrogen) atoms. The minimum absolute atomic E-state index is 0. The van der Waals surface area contributed by atoms with Gasteiger partial charge in [-0.15, -0.1) is 11.6 Å². The normalized spacial score (nSPS) is 22.6. The number of aliphatic hydroxyl groups is 1. The number of carboxylic acid groups (broad SMARTS) is 1. The number of nitrogens with zero attached hydrogens (tertiary/aromatic N) is 1. The smallest absolute Gasteiger partial charge is 0.303 e. The molecule has 0 unspecified atom stereocenters. The van der Waals surface area contributed by atoms with Crippen molar-refractivity contribution in [1.82, 2.24) is 4.90 Å². The molecular formula is C15H25ClNO3U-. The zero-order valence-electron chi connectivity index (χ0n) is 12.4. The number of allylic oxidation sites excluding steroid dienone is 1. The van der Waals surface area contributed by atoms with Crippen LogP contribution in [0, 0.1) is 37.7 Å². The molecule has 0 saturated carbocycles. The third-order valence-corrected chi connectivity index (χ3v) is 4.17. The summed E-state index contributed by atoms with van der Waals surface area (Å²) in [6.07, 6.45) is 9.53. The van der Waals surface area contributed by atoms with E-state index in [1.54, 1.807) is 0 Å². The Kier molecular flexibility index (Phi) is 13.3. The fourth-order valence-electron chi connectivity index (χ4n) is 2.56. The number of carbonyl (C=O) groups is 1. The number of hydrogen-bond acceptors (Lipinski definition) is 3. The Morgan fingerprint density at radius 3 is 2.81 bits per heavy atom. The first kappa shape index (κ1) is 21.5. The fraction of sp³-hybridized carbons (Fsp3) is 0.733. The van der Waals surface area contributed by atoms with E-state index in [0.29, 0.717) is 12.5 Å². The van der Waals surface area contributed by atoms with Gasteiger partial charge in [0.2, 0.25) is 0 Å². The summed E-state index contributed by atoms with van der Waals surface area (Å²) in [5, 5.41) is 17.4. The van der Waals surface area contributed by atoms with Crippen molar-refractivity contribution in [2.45, 2.75) is 56.4 Å².